The van der Waals surface area contributed by atoms with Crippen LogP contribution in [-0.2, 0) is 14.2 Å². The summed E-state index contributed by atoms with van der Waals surface area (Å²) in [5.74, 6) is 0. The molecule has 0 radical (unpaired) electrons. The van der Waals surface area contributed by atoms with Crippen LogP contribution in [0.3, 0.4) is 0 Å². The zero-order valence-corrected chi connectivity index (χ0v) is 11.5. The standard InChI is InChI=1S/C15H20O6/c16-12-13(17)15(18)21-10-6-7-19-8-11(20-14(10)12)9-4-2-1-3-5-9/h1-5,10-18H,6-8H2. The monoisotopic (exact) mass is 296 g/mol. The molecular formula is C15H20O6. The third-order valence-electron chi connectivity index (χ3n) is 3.97. The summed E-state index contributed by atoms with van der Waals surface area (Å²) in [6, 6.07) is 9.56. The zero-order valence-electron chi connectivity index (χ0n) is 11.5. The van der Waals surface area contributed by atoms with Crippen LogP contribution in [0.1, 0.15) is 18.1 Å². The fourth-order valence-corrected chi connectivity index (χ4v) is 2.78. The Morgan fingerprint density at radius 2 is 1.71 bits per heavy atom. The maximum Gasteiger partial charge on any atom is 0.183 e. The van der Waals surface area contributed by atoms with E-state index in [1.807, 2.05) is 30.3 Å². The minimum atomic E-state index is -1.40. The van der Waals surface area contributed by atoms with Crippen molar-refractivity contribution in [1.29, 1.82) is 0 Å². The van der Waals surface area contributed by atoms with Gasteiger partial charge in [0.05, 0.1) is 12.7 Å². The van der Waals surface area contributed by atoms with Crippen LogP contribution in [0.15, 0.2) is 30.3 Å². The number of aliphatic hydroxyl groups excluding tert-OH is 3. The van der Waals surface area contributed by atoms with Crippen molar-refractivity contribution in [2.24, 2.45) is 0 Å². The van der Waals surface area contributed by atoms with Crippen LogP contribution in [0.4, 0.5) is 0 Å². The van der Waals surface area contributed by atoms with Gasteiger partial charge in [-0.15, -0.1) is 0 Å². The van der Waals surface area contributed by atoms with Gasteiger partial charge in [0.1, 0.15) is 24.4 Å². The molecule has 6 heteroatoms. The zero-order chi connectivity index (χ0) is 14.8. The van der Waals surface area contributed by atoms with Crippen LogP contribution >= 0.6 is 0 Å². The summed E-state index contributed by atoms with van der Waals surface area (Å²) < 4.78 is 16.8. The van der Waals surface area contributed by atoms with Crippen molar-refractivity contribution in [2.75, 3.05) is 13.2 Å². The SMILES string of the molecule is OC1OC2CCOCC(c3ccccc3)OC2C(O)C1O. The first-order chi connectivity index (χ1) is 10.2. The summed E-state index contributed by atoms with van der Waals surface area (Å²) >= 11 is 0. The Hall–Kier alpha value is -1.02. The Balaban J connectivity index is 1.81. The second-order valence-electron chi connectivity index (χ2n) is 5.41. The van der Waals surface area contributed by atoms with E-state index in [0.29, 0.717) is 19.6 Å². The van der Waals surface area contributed by atoms with Crippen molar-refractivity contribution in [3.63, 3.8) is 0 Å². The van der Waals surface area contributed by atoms with Gasteiger partial charge in [-0.05, 0) is 12.0 Å². The van der Waals surface area contributed by atoms with E-state index in [1.54, 1.807) is 0 Å². The van der Waals surface area contributed by atoms with E-state index in [-0.39, 0.29) is 6.10 Å². The molecule has 2 saturated heterocycles. The van der Waals surface area contributed by atoms with Crippen molar-refractivity contribution >= 4 is 0 Å². The van der Waals surface area contributed by atoms with Gasteiger partial charge in [-0.2, -0.15) is 0 Å². The molecule has 0 aliphatic carbocycles. The summed E-state index contributed by atoms with van der Waals surface area (Å²) in [6.07, 6.45) is -5.03. The lowest BCUT2D eigenvalue weighted by Crippen LogP contribution is -2.59. The first-order valence-corrected chi connectivity index (χ1v) is 7.14. The molecule has 2 aliphatic rings. The predicted octanol–water partition coefficient (Wildman–Crippen LogP) is -0.0278. The molecule has 6 unspecified atom stereocenters. The molecule has 0 spiro atoms. The average Bonchev–Trinajstić information content (AvgIpc) is 2.48. The van der Waals surface area contributed by atoms with Gasteiger partial charge in [-0.1, -0.05) is 30.3 Å². The highest BCUT2D eigenvalue weighted by atomic mass is 16.7. The topological polar surface area (TPSA) is 88.4 Å². The minimum Gasteiger partial charge on any atom is -0.387 e. The van der Waals surface area contributed by atoms with E-state index >= 15 is 0 Å². The molecule has 0 saturated carbocycles. The van der Waals surface area contributed by atoms with Gasteiger partial charge in [0.15, 0.2) is 6.29 Å². The average molecular weight is 296 g/mol. The fraction of sp³-hybridized carbons (Fsp3) is 0.600. The Kier molecular flexibility index (Phi) is 4.54. The van der Waals surface area contributed by atoms with Crippen molar-refractivity contribution < 1.29 is 29.5 Å². The lowest BCUT2D eigenvalue weighted by molar-refractivity contribution is -0.305. The van der Waals surface area contributed by atoms with Crippen LogP contribution in [0.2, 0.25) is 0 Å². The van der Waals surface area contributed by atoms with Crippen LogP contribution < -0.4 is 0 Å². The van der Waals surface area contributed by atoms with Gasteiger partial charge < -0.3 is 29.5 Å². The molecule has 1 aromatic carbocycles. The van der Waals surface area contributed by atoms with Gasteiger partial charge in [-0.3, -0.25) is 0 Å². The van der Waals surface area contributed by atoms with Crippen LogP contribution in [0.5, 0.6) is 0 Å². The highest BCUT2D eigenvalue weighted by Gasteiger charge is 2.46. The van der Waals surface area contributed by atoms with E-state index in [2.05, 4.69) is 0 Å². The van der Waals surface area contributed by atoms with E-state index in [0.717, 1.165) is 5.56 Å². The molecule has 0 bridgehead atoms. The van der Waals surface area contributed by atoms with Gasteiger partial charge in [0, 0.05) is 6.61 Å². The second-order valence-corrected chi connectivity index (χ2v) is 5.41. The van der Waals surface area contributed by atoms with Gasteiger partial charge >= 0.3 is 0 Å². The Morgan fingerprint density at radius 3 is 2.48 bits per heavy atom. The van der Waals surface area contributed by atoms with Gasteiger partial charge in [-0.25, -0.2) is 0 Å². The van der Waals surface area contributed by atoms with Crippen molar-refractivity contribution in [3.05, 3.63) is 35.9 Å². The van der Waals surface area contributed by atoms with Crippen LogP contribution in [0.25, 0.3) is 0 Å². The van der Waals surface area contributed by atoms with Crippen molar-refractivity contribution in [2.45, 2.75) is 43.2 Å². The molecule has 1 aromatic rings. The molecule has 6 nitrogen and oxygen atoms in total. The van der Waals surface area contributed by atoms with Gasteiger partial charge in [0.25, 0.3) is 0 Å². The molecule has 21 heavy (non-hydrogen) atoms. The molecule has 3 N–H and O–H groups in total. The smallest absolute Gasteiger partial charge is 0.183 e. The Morgan fingerprint density at radius 1 is 0.952 bits per heavy atom. The van der Waals surface area contributed by atoms with E-state index in [4.69, 9.17) is 14.2 Å². The molecule has 0 aromatic heterocycles. The maximum atomic E-state index is 10.2. The predicted molar refractivity (Wildman–Crippen MR) is 72.4 cm³/mol. The quantitative estimate of drug-likeness (QED) is 0.674. The van der Waals surface area contributed by atoms with Gasteiger partial charge in [0.2, 0.25) is 0 Å². The third kappa shape index (κ3) is 3.11. The summed E-state index contributed by atoms with van der Waals surface area (Å²) in [5.41, 5.74) is 0.936. The number of aliphatic hydroxyl groups is 3. The number of fused-ring (bicyclic) bond motifs is 1. The van der Waals surface area contributed by atoms with Crippen LogP contribution in [0, 0.1) is 0 Å². The first-order valence-electron chi connectivity index (χ1n) is 7.14. The molecule has 116 valence electrons. The van der Waals surface area contributed by atoms with Crippen molar-refractivity contribution in [3.8, 4) is 0 Å². The second kappa shape index (κ2) is 6.39. The Labute approximate surface area is 122 Å². The molecule has 2 heterocycles. The summed E-state index contributed by atoms with van der Waals surface area (Å²) in [7, 11) is 0. The van der Waals surface area contributed by atoms with E-state index in [1.165, 1.54) is 0 Å². The lowest BCUT2D eigenvalue weighted by atomic mass is 9.95. The number of benzene rings is 1. The maximum absolute atomic E-state index is 10.2. The third-order valence-corrected chi connectivity index (χ3v) is 3.97. The fourth-order valence-electron chi connectivity index (χ4n) is 2.78. The molecule has 6 atom stereocenters. The Bertz CT molecular complexity index is 453. The molecule has 0 amide bonds. The summed E-state index contributed by atoms with van der Waals surface area (Å²) in [5, 5.41) is 29.5. The first kappa shape index (κ1) is 14.9. The number of ether oxygens (including phenoxy) is 3. The highest BCUT2D eigenvalue weighted by molar-refractivity contribution is 5.18. The van der Waals surface area contributed by atoms with E-state index < -0.39 is 30.7 Å². The van der Waals surface area contributed by atoms with E-state index in [9.17, 15) is 15.3 Å². The number of hydrogen-bond donors (Lipinski definition) is 3. The minimum absolute atomic E-state index is 0.348. The lowest BCUT2D eigenvalue weighted by Gasteiger charge is -2.43. The molecule has 2 fully saturated rings. The molecule has 2 aliphatic heterocycles. The number of hydrogen-bond acceptors (Lipinski definition) is 6. The summed E-state index contributed by atoms with van der Waals surface area (Å²) in [6.45, 7) is 0.821. The van der Waals surface area contributed by atoms with Crippen LogP contribution in [-0.4, -0.2) is 59.2 Å². The largest absolute Gasteiger partial charge is 0.387 e. The molecular weight excluding hydrogens is 276 g/mol. The van der Waals surface area contributed by atoms with Crippen molar-refractivity contribution in [1.82, 2.24) is 0 Å². The molecule has 3 rings (SSSR count). The normalized spacial score (nSPS) is 40.9. The highest BCUT2D eigenvalue weighted by Crippen LogP contribution is 2.31. The number of rotatable bonds is 1. The summed E-state index contributed by atoms with van der Waals surface area (Å²) in [4.78, 5) is 0.